The lowest BCUT2D eigenvalue weighted by Crippen LogP contribution is -2.50. The molecule has 1 saturated carbocycles. The van der Waals surface area contributed by atoms with Crippen molar-refractivity contribution >= 4 is 66.6 Å². The van der Waals surface area contributed by atoms with E-state index in [4.69, 9.17) is 18.3 Å². The largest absolute Gasteiger partial charge is 0.508 e. The predicted octanol–water partition coefficient (Wildman–Crippen LogP) is 7.37. The van der Waals surface area contributed by atoms with Gasteiger partial charge in [-0.15, -0.1) is 0 Å². The van der Waals surface area contributed by atoms with E-state index in [9.17, 15) is 14.7 Å². The smallest absolute Gasteiger partial charge is 0.356 e. The van der Waals surface area contributed by atoms with Crippen LogP contribution in [0.4, 0.5) is 0 Å². The molecule has 0 amide bonds. The summed E-state index contributed by atoms with van der Waals surface area (Å²) >= 11 is 0. The van der Waals surface area contributed by atoms with Gasteiger partial charge in [0.1, 0.15) is 22.7 Å². The fourth-order valence-electron chi connectivity index (χ4n) is 6.86. The van der Waals surface area contributed by atoms with E-state index in [0.29, 0.717) is 35.5 Å². The quantitative estimate of drug-likeness (QED) is 0.188. The molecule has 7 heteroatoms. The molecule has 4 aromatic carbocycles. The van der Waals surface area contributed by atoms with Crippen LogP contribution in [-0.2, 0) is 14.3 Å². The first kappa shape index (κ1) is 22.5. The summed E-state index contributed by atoms with van der Waals surface area (Å²) in [4.78, 5) is 26.3. The standard InChI is InChI=1S/C32H24O7/c1-30(2)31(3)12-13-32(30,39-28(31)34)29(35)36-19-9-5-17-7-11-23-25(21(17)15-19)26-24-20-14-18(33)8-4-16(20)6-10-22(24)37-27(26)38-23/h4-11,14-15,33H,12-13H2,1-3H3/t31?,32-/m1/s1. The third-order valence-electron chi connectivity index (χ3n) is 9.65. The normalized spacial score (nSPS) is 23.9. The molecule has 0 spiro atoms. The summed E-state index contributed by atoms with van der Waals surface area (Å²) in [5.41, 5.74) is -1.45. The Morgan fingerprint density at radius 1 is 0.821 bits per heavy atom. The zero-order valence-corrected chi connectivity index (χ0v) is 21.6. The molecule has 2 aliphatic rings. The molecule has 0 radical (unpaired) electrons. The van der Waals surface area contributed by atoms with Crippen molar-refractivity contribution in [2.24, 2.45) is 10.8 Å². The number of carbonyl (C=O) groups excluding carboxylic acids is 2. The van der Waals surface area contributed by atoms with Crippen molar-refractivity contribution in [2.75, 3.05) is 0 Å². The second-order valence-corrected chi connectivity index (χ2v) is 11.6. The number of ether oxygens (including phenoxy) is 2. The van der Waals surface area contributed by atoms with Crippen molar-refractivity contribution < 1.29 is 33.0 Å². The van der Waals surface area contributed by atoms with Gasteiger partial charge in [-0.25, -0.2) is 4.79 Å². The molecule has 194 valence electrons. The van der Waals surface area contributed by atoms with Crippen LogP contribution >= 0.6 is 0 Å². The first-order chi connectivity index (χ1) is 18.6. The van der Waals surface area contributed by atoms with Gasteiger partial charge in [-0.05, 0) is 77.7 Å². The third kappa shape index (κ3) is 2.58. The van der Waals surface area contributed by atoms with E-state index >= 15 is 0 Å². The SMILES string of the molecule is CC12CC[C@](C(=O)Oc3ccc4ccc5oc6oc7ccc8ccc(O)cc8c7c6c5c4c3)(OC1=O)C2(C)C. The Hall–Kier alpha value is -4.52. The molecule has 2 aromatic heterocycles. The lowest BCUT2D eigenvalue weighted by molar-refractivity contribution is -0.176. The average molecular weight is 521 g/mol. The number of benzene rings is 4. The van der Waals surface area contributed by atoms with Crippen LogP contribution in [0.25, 0.3) is 54.6 Å². The lowest BCUT2D eigenvalue weighted by atomic mass is 9.66. The summed E-state index contributed by atoms with van der Waals surface area (Å²) in [6, 6.07) is 18.4. The maximum Gasteiger partial charge on any atom is 0.356 e. The van der Waals surface area contributed by atoms with Crippen LogP contribution in [0.5, 0.6) is 11.5 Å². The van der Waals surface area contributed by atoms with E-state index in [1.807, 2.05) is 63.2 Å². The minimum Gasteiger partial charge on any atom is -0.508 e. The number of esters is 2. The Balaban J connectivity index is 1.32. The molecule has 1 aliphatic carbocycles. The number of furan rings is 2. The van der Waals surface area contributed by atoms with E-state index in [2.05, 4.69) is 0 Å². The van der Waals surface area contributed by atoms with Crippen molar-refractivity contribution in [3.05, 3.63) is 60.7 Å². The first-order valence-electron chi connectivity index (χ1n) is 13.0. The van der Waals surface area contributed by atoms with Crippen molar-refractivity contribution in [1.29, 1.82) is 0 Å². The van der Waals surface area contributed by atoms with Gasteiger partial charge >= 0.3 is 11.9 Å². The fraction of sp³-hybridized carbons (Fsp3) is 0.250. The Morgan fingerprint density at radius 3 is 2.05 bits per heavy atom. The van der Waals surface area contributed by atoms with Gasteiger partial charge in [-0.1, -0.05) is 38.1 Å². The monoisotopic (exact) mass is 520 g/mol. The summed E-state index contributed by atoms with van der Waals surface area (Å²) in [7, 11) is 0. The number of phenolic OH excluding ortho intramolecular Hbond substituents is 1. The highest BCUT2D eigenvalue weighted by Gasteiger charge is 2.76. The van der Waals surface area contributed by atoms with Gasteiger partial charge < -0.3 is 23.4 Å². The molecule has 1 aliphatic heterocycles. The second kappa shape index (κ2) is 6.91. The Morgan fingerprint density at radius 2 is 1.44 bits per heavy atom. The van der Waals surface area contributed by atoms with E-state index in [-0.39, 0.29) is 11.7 Å². The van der Waals surface area contributed by atoms with E-state index in [1.54, 1.807) is 18.2 Å². The topological polar surface area (TPSA) is 99.1 Å². The molecule has 3 heterocycles. The Kier molecular flexibility index (Phi) is 3.98. The van der Waals surface area contributed by atoms with Crippen molar-refractivity contribution in [1.82, 2.24) is 0 Å². The van der Waals surface area contributed by atoms with Crippen LogP contribution in [0.1, 0.15) is 33.6 Å². The molecule has 6 aromatic rings. The van der Waals surface area contributed by atoms with E-state index in [1.165, 1.54) is 0 Å². The van der Waals surface area contributed by atoms with Crippen LogP contribution in [0.2, 0.25) is 0 Å². The van der Waals surface area contributed by atoms with Crippen molar-refractivity contribution in [3.8, 4) is 11.5 Å². The highest BCUT2D eigenvalue weighted by Crippen LogP contribution is 2.65. The number of hydrogen-bond acceptors (Lipinski definition) is 7. The highest BCUT2D eigenvalue weighted by atomic mass is 16.6. The van der Waals surface area contributed by atoms with Crippen molar-refractivity contribution in [3.63, 3.8) is 0 Å². The number of hydrogen-bond donors (Lipinski definition) is 1. The predicted molar refractivity (Wildman–Crippen MR) is 146 cm³/mol. The highest BCUT2D eigenvalue weighted by molar-refractivity contribution is 6.30. The van der Waals surface area contributed by atoms with Gasteiger partial charge in [-0.2, -0.15) is 0 Å². The number of fused-ring (bicyclic) bond motifs is 11. The molecular formula is C32H24O7. The van der Waals surface area contributed by atoms with Gasteiger partial charge in [0.15, 0.2) is 0 Å². The van der Waals surface area contributed by atoms with Crippen LogP contribution in [-0.4, -0.2) is 22.6 Å². The maximum atomic E-state index is 13.6. The molecule has 1 N–H and O–H groups in total. The average Bonchev–Trinajstić information content (AvgIpc) is 3.55. The molecule has 2 fully saturated rings. The molecule has 7 nitrogen and oxygen atoms in total. The second-order valence-electron chi connectivity index (χ2n) is 11.6. The zero-order valence-electron chi connectivity index (χ0n) is 21.6. The van der Waals surface area contributed by atoms with Crippen molar-refractivity contribution in [2.45, 2.75) is 39.2 Å². The Bertz CT molecular complexity index is 2080. The number of rotatable bonds is 2. The number of carbonyl (C=O) groups is 2. The van der Waals surface area contributed by atoms with Crippen LogP contribution in [0.15, 0.2) is 69.5 Å². The molecule has 39 heavy (non-hydrogen) atoms. The van der Waals surface area contributed by atoms with E-state index in [0.717, 1.165) is 37.7 Å². The maximum absolute atomic E-state index is 13.6. The van der Waals surface area contributed by atoms with Gasteiger partial charge in [0.05, 0.1) is 10.8 Å². The number of aromatic hydroxyl groups is 1. The first-order valence-corrected chi connectivity index (χ1v) is 13.0. The summed E-state index contributed by atoms with van der Waals surface area (Å²) < 4.78 is 23.9. The lowest BCUT2D eigenvalue weighted by Gasteiger charge is -2.34. The van der Waals surface area contributed by atoms with E-state index < -0.39 is 22.4 Å². The van der Waals surface area contributed by atoms with Gasteiger partial charge in [0, 0.05) is 16.2 Å². The molecule has 1 unspecified atom stereocenters. The summed E-state index contributed by atoms with van der Waals surface area (Å²) in [6.45, 7) is 5.68. The third-order valence-corrected chi connectivity index (χ3v) is 9.65. The molecule has 2 bridgehead atoms. The Labute approximate surface area is 221 Å². The summed E-state index contributed by atoms with van der Waals surface area (Å²) in [5, 5.41) is 16.3. The molecule has 2 atom stereocenters. The minimum atomic E-state index is -1.32. The van der Waals surface area contributed by atoms with Gasteiger partial charge in [0.25, 0.3) is 5.78 Å². The zero-order chi connectivity index (χ0) is 26.9. The summed E-state index contributed by atoms with van der Waals surface area (Å²) in [6.07, 6.45) is 1.01. The molecule has 8 rings (SSSR count). The van der Waals surface area contributed by atoms with Crippen LogP contribution in [0, 0.1) is 10.8 Å². The molecular weight excluding hydrogens is 496 g/mol. The summed E-state index contributed by atoms with van der Waals surface area (Å²) in [5.74, 6) is -0.00187. The van der Waals surface area contributed by atoms with Gasteiger partial charge in [-0.3, -0.25) is 4.79 Å². The fourth-order valence-corrected chi connectivity index (χ4v) is 6.86. The molecule has 1 saturated heterocycles. The number of phenols is 1. The van der Waals surface area contributed by atoms with Gasteiger partial charge in [0.2, 0.25) is 5.60 Å². The van der Waals surface area contributed by atoms with Crippen LogP contribution in [0.3, 0.4) is 0 Å². The van der Waals surface area contributed by atoms with Crippen LogP contribution < -0.4 is 4.74 Å². The minimum absolute atomic E-state index is 0.161.